The Morgan fingerprint density at radius 3 is 2.71 bits per heavy atom. The molecule has 0 spiro atoms. The van der Waals surface area contributed by atoms with E-state index >= 15 is 0 Å². The van der Waals surface area contributed by atoms with Crippen molar-refractivity contribution in [2.45, 2.75) is 26.2 Å². The van der Waals surface area contributed by atoms with Crippen molar-refractivity contribution in [2.24, 2.45) is 0 Å². The molecule has 128 valence electrons. The van der Waals surface area contributed by atoms with Gasteiger partial charge in [-0.25, -0.2) is 4.79 Å². The Morgan fingerprint density at radius 1 is 1.25 bits per heavy atom. The van der Waals surface area contributed by atoms with Crippen molar-refractivity contribution in [2.75, 3.05) is 13.7 Å². The molecule has 4 nitrogen and oxygen atoms in total. The first kappa shape index (κ1) is 18.1. The number of carbonyl (C=O) groups is 1. The van der Waals surface area contributed by atoms with Crippen LogP contribution in [0.4, 0.5) is 0 Å². The van der Waals surface area contributed by atoms with Crippen molar-refractivity contribution < 1.29 is 19.4 Å². The number of aliphatic carboxylic acids is 1. The molecule has 0 atom stereocenters. The summed E-state index contributed by atoms with van der Waals surface area (Å²) in [4.78, 5) is 12.3. The lowest BCUT2D eigenvalue weighted by atomic mass is 10.1. The van der Waals surface area contributed by atoms with E-state index in [0.717, 1.165) is 19.3 Å². The normalized spacial score (nSPS) is 11.3. The molecule has 5 heteroatoms. The summed E-state index contributed by atoms with van der Waals surface area (Å²) in [6, 6.07) is 9.13. The van der Waals surface area contributed by atoms with Crippen LogP contribution in [0.1, 0.15) is 36.6 Å². The van der Waals surface area contributed by atoms with Crippen molar-refractivity contribution in [1.82, 2.24) is 0 Å². The van der Waals surface area contributed by atoms with E-state index in [2.05, 4.69) is 6.92 Å². The van der Waals surface area contributed by atoms with E-state index in [9.17, 15) is 9.90 Å². The first-order valence-electron chi connectivity index (χ1n) is 7.96. The van der Waals surface area contributed by atoms with Crippen molar-refractivity contribution >= 4 is 29.0 Å². The lowest BCUT2D eigenvalue weighted by Crippen LogP contribution is -2.02. The molecule has 0 fully saturated rings. The Labute approximate surface area is 146 Å². The predicted molar refractivity (Wildman–Crippen MR) is 97.8 cm³/mol. The van der Waals surface area contributed by atoms with E-state index in [0.29, 0.717) is 28.5 Å². The molecule has 1 N–H and O–H groups in total. The first-order chi connectivity index (χ1) is 11.7. The number of para-hydroxylation sites is 1. The minimum Gasteiger partial charge on any atom is -0.493 e. The Hall–Kier alpha value is -2.27. The van der Waals surface area contributed by atoms with Gasteiger partial charge in [-0.05, 0) is 30.0 Å². The quantitative estimate of drug-likeness (QED) is 0.515. The second-order valence-corrected chi connectivity index (χ2v) is 6.22. The van der Waals surface area contributed by atoms with E-state index in [1.54, 1.807) is 19.3 Å². The summed E-state index contributed by atoms with van der Waals surface area (Å²) in [6.45, 7) is 2.72. The van der Waals surface area contributed by atoms with E-state index in [4.69, 9.17) is 9.47 Å². The number of ether oxygens (including phenoxy) is 2. The zero-order chi connectivity index (χ0) is 17.4. The fraction of sp³-hybridized carbons (Fsp3) is 0.316. The topological polar surface area (TPSA) is 55.8 Å². The molecule has 1 aromatic carbocycles. The Balaban J connectivity index is 2.37. The Kier molecular flexibility index (Phi) is 6.88. The average Bonchev–Trinajstić information content (AvgIpc) is 3.10. The highest BCUT2D eigenvalue weighted by molar-refractivity contribution is 7.11. The average molecular weight is 346 g/mol. The van der Waals surface area contributed by atoms with Crippen LogP contribution in [0.25, 0.3) is 11.6 Å². The van der Waals surface area contributed by atoms with Gasteiger partial charge in [0.25, 0.3) is 0 Å². The molecule has 0 aliphatic rings. The van der Waals surface area contributed by atoms with Gasteiger partial charge >= 0.3 is 5.97 Å². The molecule has 0 saturated carbocycles. The fourth-order valence-corrected chi connectivity index (χ4v) is 3.05. The molecule has 2 aromatic rings. The number of hydrogen-bond acceptors (Lipinski definition) is 4. The number of benzene rings is 1. The van der Waals surface area contributed by atoms with Crippen LogP contribution in [0.15, 0.2) is 35.7 Å². The van der Waals surface area contributed by atoms with Gasteiger partial charge in [0.05, 0.1) is 19.3 Å². The standard InChI is InChI=1S/C19H22O4S/c1-3-4-5-11-23-18-14(8-6-9-16(18)22-2)13-15(19(20)21)17-10-7-12-24-17/h6-10,12-13H,3-5,11H2,1-2H3,(H,20,21)/b15-13-. The summed E-state index contributed by atoms with van der Waals surface area (Å²) in [6.07, 6.45) is 4.81. The van der Waals surface area contributed by atoms with Gasteiger partial charge < -0.3 is 14.6 Å². The smallest absolute Gasteiger partial charge is 0.337 e. The van der Waals surface area contributed by atoms with E-state index in [1.165, 1.54) is 11.3 Å². The Morgan fingerprint density at radius 2 is 2.08 bits per heavy atom. The summed E-state index contributed by atoms with van der Waals surface area (Å²) in [5.74, 6) is 0.236. The van der Waals surface area contributed by atoms with Crippen molar-refractivity contribution in [3.8, 4) is 11.5 Å². The zero-order valence-electron chi connectivity index (χ0n) is 14.0. The van der Waals surface area contributed by atoms with Gasteiger partial charge in [-0.15, -0.1) is 11.3 Å². The van der Waals surface area contributed by atoms with Crippen molar-refractivity contribution in [3.05, 3.63) is 46.2 Å². The van der Waals surface area contributed by atoms with E-state index in [1.807, 2.05) is 29.6 Å². The van der Waals surface area contributed by atoms with Crippen LogP contribution < -0.4 is 9.47 Å². The van der Waals surface area contributed by atoms with Crippen LogP contribution in [0.3, 0.4) is 0 Å². The van der Waals surface area contributed by atoms with Crippen LogP contribution in [-0.4, -0.2) is 24.8 Å². The summed E-state index contributed by atoms with van der Waals surface area (Å²) >= 11 is 1.40. The van der Waals surface area contributed by atoms with Crippen molar-refractivity contribution in [1.29, 1.82) is 0 Å². The van der Waals surface area contributed by atoms with E-state index in [-0.39, 0.29) is 5.57 Å². The molecule has 1 heterocycles. The maximum absolute atomic E-state index is 11.6. The summed E-state index contributed by atoms with van der Waals surface area (Å²) in [7, 11) is 1.58. The van der Waals surface area contributed by atoms with Gasteiger partial charge in [0, 0.05) is 10.4 Å². The minimum atomic E-state index is -0.961. The second-order valence-electron chi connectivity index (χ2n) is 5.27. The van der Waals surface area contributed by atoms with Gasteiger partial charge in [-0.3, -0.25) is 0 Å². The van der Waals surface area contributed by atoms with Crippen LogP contribution in [0.2, 0.25) is 0 Å². The third-order valence-corrected chi connectivity index (χ3v) is 4.44. The number of carboxylic acid groups (broad SMARTS) is 1. The molecule has 0 aliphatic carbocycles. The third-order valence-electron chi connectivity index (χ3n) is 3.54. The summed E-state index contributed by atoms with van der Waals surface area (Å²) in [5.41, 5.74) is 0.952. The Bertz CT molecular complexity index is 689. The van der Waals surface area contributed by atoms with Crippen LogP contribution in [0.5, 0.6) is 11.5 Å². The molecular weight excluding hydrogens is 324 g/mol. The zero-order valence-corrected chi connectivity index (χ0v) is 14.8. The van der Waals surface area contributed by atoms with Gasteiger partial charge in [-0.2, -0.15) is 0 Å². The molecular formula is C19H22O4S. The maximum atomic E-state index is 11.6. The molecule has 0 aliphatic heterocycles. The second kappa shape index (κ2) is 9.13. The highest BCUT2D eigenvalue weighted by Crippen LogP contribution is 2.34. The number of carboxylic acids is 1. The molecule has 2 rings (SSSR count). The van der Waals surface area contributed by atoms with Crippen LogP contribution >= 0.6 is 11.3 Å². The molecule has 0 saturated heterocycles. The number of thiophene rings is 1. The lowest BCUT2D eigenvalue weighted by Gasteiger charge is -2.14. The van der Waals surface area contributed by atoms with Gasteiger partial charge in [0.15, 0.2) is 11.5 Å². The third kappa shape index (κ3) is 4.61. The number of hydrogen-bond donors (Lipinski definition) is 1. The van der Waals surface area contributed by atoms with Gasteiger partial charge in [-0.1, -0.05) is 38.0 Å². The maximum Gasteiger partial charge on any atom is 0.337 e. The summed E-state index contributed by atoms with van der Waals surface area (Å²) in [5, 5.41) is 11.4. The van der Waals surface area contributed by atoms with E-state index < -0.39 is 5.97 Å². The van der Waals surface area contributed by atoms with Crippen molar-refractivity contribution in [3.63, 3.8) is 0 Å². The highest BCUT2D eigenvalue weighted by atomic mass is 32.1. The SMILES string of the molecule is CCCCCOc1c(/C=C(\C(=O)O)c2cccs2)cccc1OC. The van der Waals surface area contributed by atoms with Gasteiger partial charge in [0.2, 0.25) is 0 Å². The molecule has 1 aromatic heterocycles. The molecule has 24 heavy (non-hydrogen) atoms. The molecule has 0 unspecified atom stereocenters. The molecule has 0 bridgehead atoms. The molecule has 0 amide bonds. The first-order valence-corrected chi connectivity index (χ1v) is 8.84. The number of methoxy groups -OCH3 is 1. The number of unbranched alkanes of at least 4 members (excludes halogenated alkanes) is 2. The lowest BCUT2D eigenvalue weighted by molar-refractivity contribution is -0.130. The number of rotatable bonds is 9. The largest absolute Gasteiger partial charge is 0.493 e. The molecule has 0 radical (unpaired) electrons. The highest BCUT2D eigenvalue weighted by Gasteiger charge is 2.15. The van der Waals surface area contributed by atoms with Gasteiger partial charge in [0.1, 0.15) is 0 Å². The summed E-state index contributed by atoms with van der Waals surface area (Å²) < 4.78 is 11.3. The fourth-order valence-electron chi connectivity index (χ4n) is 2.31. The predicted octanol–water partition coefficient (Wildman–Crippen LogP) is 4.95. The minimum absolute atomic E-state index is 0.247. The van der Waals surface area contributed by atoms with Crippen LogP contribution in [-0.2, 0) is 4.79 Å². The van der Waals surface area contributed by atoms with Crippen LogP contribution in [0, 0.1) is 0 Å². The monoisotopic (exact) mass is 346 g/mol.